The van der Waals surface area contributed by atoms with Gasteiger partial charge in [0.2, 0.25) is 5.91 Å². The van der Waals surface area contributed by atoms with Crippen molar-refractivity contribution in [3.63, 3.8) is 0 Å². The number of nitrogens with zero attached hydrogens (tertiary/aromatic N) is 3. The van der Waals surface area contributed by atoms with Gasteiger partial charge in [-0.15, -0.1) is 0 Å². The normalized spacial score (nSPS) is 9.14. The highest BCUT2D eigenvalue weighted by Crippen LogP contribution is 2.19. The van der Waals surface area contributed by atoms with Crippen molar-refractivity contribution in [1.29, 1.82) is 0 Å². The second kappa shape index (κ2) is 11.7. The Hall–Kier alpha value is -2.11. The van der Waals surface area contributed by atoms with Gasteiger partial charge in [0.15, 0.2) is 11.6 Å². The van der Waals surface area contributed by atoms with Gasteiger partial charge in [0.25, 0.3) is 0 Å². The minimum absolute atomic E-state index is 0.0221. The highest BCUT2D eigenvalue weighted by Gasteiger charge is 2.05. The Bertz CT molecular complexity index is 488. The lowest BCUT2D eigenvalue weighted by Gasteiger charge is -2.08. The van der Waals surface area contributed by atoms with Crippen molar-refractivity contribution >= 4 is 5.91 Å². The molecule has 0 saturated heterocycles. The average molecular weight is 297 g/mol. The highest BCUT2D eigenvalue weighted by molar-refractivity contribution is 5.76. The molecule has 6 nitrogen and oxygen atoms in total. The quantitative estimate of drug-likeness (QED) is 0.361. The Morgan fingerprint density at radius 1 is 1.48 bits per heavy atom. The lowest BCUT2D eigenvalue weighted by atomic mass is 10.1. The first-order valence-electron chi connectivity index (χ1n) is 6.77. The number of carbonyl (C=O) groups excluding carboxylic acids is 1. The maximum atomic E-state index is 13.4. The van der Waals surface area contributed by atoms with E-state index in [4.69, 9.17) is 15.4 Å². The van der Waals surface area contributed by atoms with E-state index in [1.54, 1.807) is 6.07 Å². The van der Waals surface area contributed by atoms with Crippen molar-refractivity contribution < 1.29 is 19.0 Å². The van der Waals surface area contributed by atoms with Crippen LogP contribution in [0.2, 0.25) is 0 Å². The molecule has 116 valence electrons. The van der Waals surface area contributed by atoms with Crippen molar-refractivity contribution in [2.45, 2.75) is 33.1 Å². The van der Waals surface area contributed by atoms with Gasteiger partial charge >= 0.3 is 0 Å². The van der Waals surface area contributed by atoms with Crippen molar-refractivity contribution in [3.05, 3.63) is 40.0 Å². The van der Waals surface area contributed by atoms with Crippen LogP contribution in [-0.2, 0) is 11.2 Å². The fourth-order valence-electron chi connectivity index (χ4n) is 1.45. The van der Waals surface area contributed by atoms with Gasteiger partial charge in [0.05, 0.1) is 6.61 Å². The van der Waals surface area contributed by atoms with Gasteiger partial charge in [-0.3, -0.25) is 4.79 Å². The molecule has 0 aliphatic rings. The number of rotatable bonds is 7. The number of hydrogen-bond donors (Lipinski definition) is 1. The van der Waals surface area contributed by atoms with Crippen LogP contribution in [0.3, 0.4) is 0 Å². The molecule has 21 heavy (non-hydrogen) atoms. The molecule has 0 bridgehead atoms. The van der Waals surface area contributed by atoms with Gasteiger partial charge in [0.1, 0.15) is 0 Å². The van der Waals surface area contributed by atoms with E-state index in [0.29, 0.717) is 12.8 Å². The van der Waals surface area contributed by atoms with Crippen LogP contribution < -0.4 is 4.74 Å². The Labute approximate surface area is 123 Å². The van der Waals surface area contributed by atoms with Crippen LogP contribution in [0.1, 0.15) is 32.3 Å². The van der Waals surface area contributed by atoms with Crippen LogP contribution in [0.15, 0.2) is 23.3 Å². The fraction of sp³-hybridized carbons (Fsp3) is 0.500. The van der Waals surface area contributed by atoms with Crippen LogP contribution in [-0.4, -0.2) is 24.2 Å². The number of aliphatic hydroxyl groups excluding tert-OH is 1. The number of azide groups is 1. The predicted octanol–water partition coefficient (Wildman–Crippen LogP) is 3.38. The van der Waals surface area contributed by atoms with Gasteiger partial charge in [-0.05, 0) is 41.2 Å². The summed E-state index contributed by atoms with van der Waals surface area (Å²) in [4.78, 5) is 13.3. The number of aliphatic hydroxyl groups is 1. The molecule has 0 heterocycles. The lowest BCUT2D eigenvalue weighted by molar-refractivity contribution is -0.118. The lowest BCUT2D eigenvalue weighted by Crippen LogP contribution is -2.03. The molecule has 0 fully saturated rings. The van der Waals surface area contributed by atoms with Crippen LogP contribution in [0.5, 0.6) is 5.75 Å². The minimum Gasteiger partial charge on any atom is -0.490 e. The van der Waals surface area contributed by atoms with Crippen LogP contribution in [0, 0.1) is 5.82 Å². The standard InChI is InChI=1S/C12H14FN3O3.C2H6/c13-10-4-3-9(5-6-17)8-11(10)19-7-1-2-12(18)15-16-14;1-2/h3-4,8,17H,1-2,5-7H2;1-2H3. The van der Waals surface area contributed by atoms with Gasteiger partial charge in [-0.1, -0.05) is 19.9 Å². The molecular weight excluding hydrogens is 277 g/mol. The highest BCUT2D eigenvalue weighted by atomic mass is 19.1. The van der Waals surface area contributed by atoms with Gasteiger partial charge in [-0.25, -0.2) is 4.39 Å². The molecule has 0 aromatic heterocycles. The molecule has 1 amide bonds. The minimum atomic E-state index is -0.569. The third-order valence-electron chi connectivity index (χ3n) is 2.34. The Balaban J connectivity index is 0.00000191. The first kappa shape index (κ1) is 18.9. The number of carbonyl (C=O) groups is 1. The summed E-state index contributed by atoms with van der Waals surface area (Å²) in [7, 11) is 0. The molecule has 0 aliphatic carbocycles. The van der Waals surface area contributed by atoms with Gasteiger partial charge in [0, 0.05) is 17.9 Å². The number of benzene rings is 1. The van der Waals surface area contributed by atoms with E-state index in [1.165, 1.54) is 12.1 Å². The molecule has 0 atom stereocenters. The van der Waals surface area contributed by atoms with E-state index in [2.05, 4.69) is 10.0 Å². The third-order valence-corrected chi connectivity index (χ3v) is 2.34. The maximum absolute atomic E-state index is 13.4. The summed E-state index contributed by atoms with van der Waals surface area (Å²) in [6.07, 6.45) is 0.815. The molecule has 0 radical (unpaired) electrons. The summed E-state index contributed by atoms with van der Waals surface area (Å²) in [6.45, 7) is 4.12. The summed E-state index contributed by atoms with van der Waals surface area (Å²) in [6, 6.07) is 4.36. The molecule has 0 saturated carbocycles. The van der Waals surface area contributed by atoms with E-state index in [1.807, 2.05) is 13.8 Å². The summed E-state index contributed by atoms with van der Waals surface area (Å²) >= 11 is 0. The van der Waals surface area contributed by atoms with Crippen molar-refractivity contribution in [1.82, 2.24) is 0 Å². The van der Waals surface area contributed by atoms with Crippen LogP contribution >= 0.6 is 0 Å². The Kier molecular flexibility index (Phi) is 10.5. The molecule has 1 N–H and O–H groups in total. The summed E-state index contributed by atoms with van der Waals surface area (Å²) in [5, 5.41) is 11.7. The molecule has 1 rings (SSSR count). The van der Waals surface area contributed by atoms with E-state index < -0.39 is 11.7 Å². The first-order chi connectivity index (χ1) is 10.2. The number of halogens is 1. The molecular formula is C14H20FN3O3. The van der Waals surface area contributed by atoms with Gasteiger partial charge < -0.3 is 9.84 Å². The third kappa shape index (κ3) is 7.91. The van der Waals surface area contributed by atoms with E-state index in [-0.39, 0.29) is 25.4 Å². The first-order valence-corrected chi connectivity index (χ1v) is 6.77. The number of hydrogen-bond acceptors (Lipinski definition) is 3. The topological polar surface area (TPSA) is 95.3 Å². The second-order valence-corrected chi connectivity index (χ2v) is 3.77. The van der Waals surface area contributed by atoms with Crippen molar-refractivity contribution in [2.75, 3.05) is 13.2 Å². The Morgan fingerprint density at radius 2 is 2.19 bits per heavy atom. The Morgan fingerprint density at radius 3 is 2.81 bits per heavy atom. The molecule has 0 spiro atoms. The van der Waals surface area contributed by atoms with Crippen molar-refractivity contribution in [2.24, 2.45) is 5.11 Å². The second-order valence-electron chi connectivity index (χ2n) is 3.77. The van der Waals surface area contributed by atoms with Crippen LogP contribution in [0.4, 0.5) is 4.39 Å². The summed E-state index contributed by atoms with van der Waals surface area (Å²) in [5.41, 5.74) is 8.79. The molecule has 1 aromatic rings. The van der Waals surface area contributed by atoms with E-state index in [0.717, 1.165) is 5.56 Å². The molecule has 1 aromatic carbocycles. The molecule has 0 aliphatic heterocycles. The zero-order valence-corrected chi connectivity index (χ0v) is 12.3. The number of amides is 1. The average Bonchev–Trinajstić information content (AvgIpc) is 2.49. The molecule has 7 heteroatoms. The monoisotopic (exact) mass is 297 g/mol. The summed E-state index contributed by atoms with van der Waals surface area (Å²) < 4.78 is 18.6. The predicted molar refractivity (Wildman–Crippen MR) is 77.4 cm³/mol. The number of ether oxygens (including phenoxy) is 1. The van der Waals surface area contributed by atoms with Gasteiger partial charge in [-0.2, -0.15) is 0 Å². The summed E-state index contributed by atoms with van der Waals surface area (Å²) in [5.74, 6) is -0.981. The van der Waals surface area contributed by atoms with E-state index in [9.17, 15) is 9.18 Å². The zero-order valence-electron chi connectivity index (χ0n) is 12.3. The maximum Gasteiger partial charge on any atom is 0.219 e. The molecule has 0 unspecified atom stereocenters. The zero-order chi connectivity index (χ0) is 16.1. The fourth-order valence-corrected chi connectivity index (χ4v) is 1.45. The largest absolute Gasteiger partial charge is 0.490 e. The smallest absolute Gasteiger partial charge is 0.219 e. The van der Waals surface area contributed by atoms with Crippen LogP contribution in [0.25, 0.3) is 10.4 Å². The van der Waals surface area contributed by atoms with Crippen molar-refractivity contribution in [3.8, 4) is 5.75 Å². The van der Waals surface area contributed by atoms with E-state index >= 15 is 0 Å². The SMILES string of the molecule is CC.[N-]=[N+]=NC(=O)CCCOc1cc(CCO)ccc1F.